The van der Waals surface area contributed by atoms with E-state index in [1.165, 1.54) is 31.7 Å². The van der Waals surface area contributed by atoms with Crippen molar-refractivity contribution in [2.24, 2.45) is 5.92 Å². The van der Waals surface area contributed by atoms with E-state index in [9.17, 15) is 19.7 Å². The summed E-state index contributed by atoms with van der Waals surface area (Å²) >= 11 is 0. The Morgan fingerprint density at radius 1 is 1.18 bits per heavy atom. The number of nitrogens with one attached hydrogen (secondary N) is 1. The first-order valence-corrected chi connectivity index (χ1v) is 10.1. The Balaban J connectivity index is 1.46. The minimum Gasteiger partial charge on any atom is -0.355 e. The van der Waals surface area contributed by atoms with E-state index < -0.39 is 4.92 Å². The predicted molar refractivity (Wildman–Crippen MR) is 104 cm³/mol. The summed E-state index contributed by atoms with van der Waals surface area (Å²) in [7, 11) is 0. The van der Waals surface area contributed by atoms with Gasteiger partial charge in [-0.3, -0.25) is 19.7 Å². The normalized spacial score (nSPS) is 20.5. The first kappa shape index (κ1) is 18.7. The van der Waals surface area contributed by atoms with Crippen LogP contribution in [0.25, 0.3) is 0 Å². The Kier molecular flexibility index (Phi) is 5.19. The van der Waals surface area contributed by atoms with E-state index in [-0.39, 0.29) is 35.7 Å². The molecule has 2 saturated carbocycles. The standard InChI is InChI=1S/C20H26N4O4/c25-19-13-22(9-10-23(19)12-14-3-1-2-4-14)17-8-5-15(11-18(17)24(27)28)20(26)21-16-6-7-16/h5,8,11,14,16H,1-4,6-7,9-10,12-13H2,(H,21,26). The Labute approximate surface area is 164 Å². The first-order chi connectivity index (χ1) is 13.5. The average molecular weight is 386 g/mol. The van der Waals surface area contributed by atoms with Gasteiger partial charge in [-0.05, 0) is 43.7 Å². The van der Waals surface area contributed by atoms with Crippen LogP contribution in [0.15, 0.2) is 18.2 Å². The molecule has 1 aliphatic heterocycles. The highest BCUT2D eigenvalue weighted by molar-refractivity contribution is 5.96. The number of benzene rings is 1. The Morgan fingerprint density at radius 3 is 2.57 bits per heavy atom. The quantitative estimate of drug-likeness (QED) is 0.598. The van der Waals surface area contributed by atoms with E-state index in [1.807, 2.05) is 4.90 Å². The molecule has 0 bridgehead atoms. The number of rotatable bonds is 6. The van der Waals surface area contributed by atoms with Crippen LogP contribution in [-0.4, -0.2) is 53.9 Å². The smallest absolute Gasteiger partial charge is 0.293 e. The van der Waals surface area contributed by atoms with Gasteiger partial charge in [0, 0.05) is 37.3 Å². The zero-order valence-corrected chi connectivity index (χ0v) is 15.9. The molecule has 0 aromatic heterocycles. The summed E-state index contributed by atoms with van der Waals surface area (Å²) in [6.45, 7) is 2.08. The minimum absolute atomic E-state index is 0.0167. The molecule has 0 unspecified atom stereocenters. The van der Waals surface area contributed by atoms with Gasteiger partial charge in [0.1, 0.15) is 5.69 Å². The van der Waals surface area contributed by atoms with Crippen LogP contribution in [0.2, 0.25) is 0 Å². The molecule has 2 aliphatic carbocycles. The van der Waals surface area contributed by atoms with Crippen molar-refractivity contribution >= 4 is 23.2 Å². The van der Waals surface area contributed by atoms with Crippen molar-refractivity contribution in [3.05, 3.63) is 33.9 Å². The van der Waals surface area contributed by atoms with Crippen molar-refractivity contribution in [3.8, 4) is 0 Å². The van der Waals surface area contributed by atoms with Gasteiger partial charge in [-0.25, -0.2) is 0 Å². The fourth-order valence-corrected chi connectivity index (χ4v) is 4.19. The van der Waals surface area contributed by atoms with Crippen LogP contribution in [0.1, 0.15) is 48.9 Å². The summed E-state index contributed by atoms with van der Waals surface area (Å²) < 4.78 is 0. The van der Waals surface area contributed by atoms with E-state index in [0.29, 0.717) is 24.7 Å². The molecule has 3 aliphatic rings. The number of amides is 2. The van der Waals surface area contributed by atoms with Gasteiger partial charge in [-0.2, -0.15) is 0 Å². The average Bonchev–Trinajstić information content (AvgIpc) is 3.34. The largest absolute Gasteiger partial charge is 0.355 e. The summed E-state index contributed by atoms with van der Waals surface area (Å²) in [5.41, 5.74) is 0.566. The van der Waals surface area contributed by atoms with Crippen molar-refractivity contribution in [2.75, 3.05) is 31.1 Å². The molecule has 0 atom stereocenters. The van der Waals surface area contributed by atoms with Crippen molar-refractivity contribution < 1.29 is 14.5 Å². The molecule has 0 spiro atoms. The van der Waals surface area contributed by atoms with Crippen LogP contribution in [0, 0.1) is 16.0 Å². The molecule has 150 valence electrons. The van der Waals surface area contributed by atoms with Gasteiger partial charge < -0.3 is 15.1 Å². The van der Waals surface area contributed by atoms with Gasteiger partial charge in [0.25, 0.3) is 11.6 Å². The van der Waals surface area contributed by atoms with Crippen molar-refractivity contribution in [2.45, 2.75) is 44.6 Å². The zero-order valence-electron chi connectivity index (χ0n) is 15.9. The molecule has 1 aromatic rings. The third kappa shape index (κ3) is 4.10. The molecule has 3 fully saturated rings. The second-order valence-corrected chi connectivity index (χ2v) is 8.12. The number of piperazine rings is 1. The number of hydrogen-bond donors (Lipinski definition) is 1. The summed E-state index contributed by atoms with van der Waals surface area (Å²) in [6, 6.07) is 4.72. The highest BCUT2D eigenvalue weighted by Crippen LogP contribution is 2.32. The fraction of sp³-hybridized carbons (Fsp3) is 0.600. The molecule has 1 heterocycles. The van der Waals surface area contributed by atoms with Crippen LogP contribution in [-0.2, 0) is 4.79 Å². The Bertz CT molecular complexity index is 786. The van der Waals surface area contributed by atoms with E-state index in [2.05, 4.69) is 5.32 Å². The number of hydrogen-bond acceptors (Lipinski definition) is 5. The van der Waals surface area contributed by atoms with Gasteiger partial charge in [0.15, 0.2) is 0 Å². The highest BCUT2D eigenvalue weighted by Gasteiger charge is 2.31. The van der Waals surface area contributed by atoms with Crippen LogP contribution in [0.3, 0.4) is 0 Å². The van der Waals surface area contributed by atoms with E-state index in [1.54, 1.807) is 17.0 Å². The number of carbonyl (C=O) groups is 2. The van der Waals surface area contributed by atoms with Crippen molar-refractivity contribution in [1.29, 1.82) is 0 Å². The topological polar surface area (TPSA) is 95.8 Å². The van der Waals surface area contributed by atoms with Gasteiger partial charge in [0.05, 0.1) is 11.5 Å². The molecule has 0 radical (unpaired) electrons. The number of anilines is 1. The third-order valence-corrected chi connectivity index (χ3v) is 5.96. The lowest BCUT2D eigenvalue weighted by Gasteiger charge is -2.36. The number of nitrogens with zero attached hydrogens (tertiary/aromatic N) is 3. The van der Waals surface area contributed by atoms with E-state index >= 15 is 0 Å². The molecule has 8 nitrogen and oxygen atoms in total. The lowest BCUT2D eigenvalue weighted by molar-refractivity contribution is -0.384. The maximum atomic E-state index is 12.6. The van der Waals surface area contributed by atoms with E-state index in [0.717, 1.165) is 19.4 Å². The molecule has 1 aromatic carbocycles. The van der Waals surface area contributed by atoms with Crippen LogP contribution in [0.4, 0.5) is 11.4 Å². The van der Waals surface area contributed by atoms with Gasteiger partial charge >= 0.3 is 0 Å². The first-order valence-electron chi connectivity index (χ1n) is 10.1. The molecule has 8 heteroatoms. The maximum absolute atomic E-state index is 12.6. The maximum Gasteiger partial charge on any atom is 0.293 e. The van der Waals surface area contributed by atoms with Gasteiger partial charge in [-0.15, -0.1) is 0 Å². The number of nitro benzene ring substituents is 1. The number of carbonyl (C=O) groups excluding carboxylic acids is 2. The molecular weight excluding hydrogens is 360 g/mol. The van der Waals surface area contributed by atoms with Gasteiger partial charge in [0.2, 0.25) is 5.91 Å². The molecule has 1 N–H and O–H groups in total. The summed E-state index contributed by atoms with van der Waals surface area (Å²) in [4.78, 5) is 39.6. The number of nitro groups is 1. The summed E-state index contributed by atoms with van der Waals surface area (Å²) in [5, 5.41) is 14.4. The molecule has 1 saturated heterocycles. The van der Waals surface area contributed by atoms with Crippen LogP contribution < -0.4 is 10.2 Å². The van der Waals surface area contributed by atoms with Gasteiger partial charge in [-0.1, -0.05) is 12.8 Å². The van der Waals surface area contributed by atoms with Crippen LogP contribution >= 0.6 is 0 Å². The Morgan fingerprint density at radius 2 is 1.93 bits per heavy atom. The lowest BCUT2D eigenvalue weighted by Crippen LogP contribution is -2.51. The monoisotopic (exact) mass is 386 g/mol. The summed E-state index contributed by atoms with van der Waals surface area (Å²) in [5.74, 6) is 0.326. The fourth-order valence-electron chi connectivity index (χ4n) is 4.19. The zero-order chi connectivity index (χ0) is 19.7. The predicted octanol–water partition coefficient (Wildman–Crippen LogP) is 2.33. The lowest BCUT2D eigenvalue weighted by atomic mass is 10.1. The SMILES string of the molecule is O=C(NC1CC1)c1ccc(N2CCN(CC3CCCC3)C(=O)C2)c([N+](=O)[O-])c1. The molecular formula is C20H26N4O4. The molecule has 4 rings (SSSR count). The second-order valence-electron chi connectivity index (χ2n) is 8.12. The third-order valence-electron chi connectivity index (χ3n) is 5.96. The minimum atomic E-state index is -0.474. The second kappa shape index (κ2) is 7.77. The molecule has 28 heavy (non-hydrogen) atoms. The Hall–Kier alpha value is -2.64. The van der Waals surface area contributed by atoms with E-state index in [4.69, 9.17) is 0 Å². The highest BCUT2D eigenvalue weighted by atomic mass is 16.6. The van der Waals surface area contributed by atoms with Crippen molar-refractivity contribution in [1.82, 2.24) is 10.2 Å². The summed E-state index contributed by atoms with van der Waals surface area (Å²) in [6.07, 6.45) is 6.77. The van der Waals surface area contributed by atoms with Crippen LogP contribution in [0.5, 0.6) is 0 Å². The molecule has 2 amide bonds. The van der Waals surface area contributed by atoms with Crippen molar-refractivity contribution in [3.63, 3.8) is 0 Å².